The monoisotopic (exact) mass is 645 g/mol. The number of hydrogen-bond donors (Lipinski definition) is 1. The highest BCUT2D eigenvalue weighted by atomic mass is 19.1. The van der Waals surface area contributed by atoms with Gasteiger partial charge in [0.2, 0.25) is 0 Å². The Labute approximate surface area is 272 Å². The Balaban J connectivity index is 1.17. The summed E-state index contributed by atoms with van der Waals surface area (Å²) in [6.45, 7) is 7.12. The number of phenols is 1. The van der Waals surface area contributed by atoms with Gasteiger partial charge in [0, 0.05) is 67.7 Å². The van der Waals surface area contributed by atoms with Gasteiger partial charge in [0.15, 0.2) is 0 Å². The molecule has 47 heavy (non-hydrogen) atoms. The van der Waals surface area contributed by atoms with Gasteiger partial charge in [-0.05, 0) is 61.4 Å². The largest absolute Gasteiger partial charge is 0.508 e. The van der Waals surface area contributed by atoms with Crippen molar-refractivity contribution < 1.29 is 23.4 Å². The quantitative estimate of drug-likeness (QED) is 0.304. The number of aromatic nitrogens is 4. The molecule has 1 unspecified atom stereocenters. The zero-order chi connectivity index (χ0) is 32.1. The van der Waals surface area contributed by atoms with Crippen molar-refractivity contribution in [3.05, 3.63) is 65.4 Å². The molecule has 12 heteroatoms. The highest BCUT2D eigenvalue weighted by molar-refractivity contribution is 5.98. The lowest BCUT2D eigenvalue weighted by Gasteiger charge is -2.35. The van der Waals surface area contributed by atoms with E-state index in [1.165, 1.54) is 6.07 Å². The van der Waals surface area contributed by atoms with E-state index in [9.17, 15) is 9.50 Å². The summed E-state index contributed by atoms with van der Waals surface area (Å²) in [4.78, 5) is 16.7. The molecule has 0 spiro atoms. The van der Waals surface area contributed by atoms with Gasteiger partial charge < -0.3 is 24.4 Å². The molecule has 4 aliphatic rings. The predicted molar refractivity (Wildman–Crippen MR) is 175 cm³/mol. The first-order chi connectivity index (χ1) is 22.9. The van der Waals surface area contributed by atoms with Crippen molar-refractivity contribution in [1.29, 1.82) is 0 Å². The molecule has 2 aromatic carbocycles. The minimum absolute atomic E-state index is 0.00880. The number of aromatic hydroxyl groups is 1. The Morgan fingerprint density at radius 2 is 2.04 bits per heavy atom. The SMILES string of the molecule is CCc1c(F)ccc2cc(O)cc(N3CCc4c(nc(OC[C@@]56CCCN5C[C@H](F)C6)nc4N4CCOCC(n5cccn5)C4)C3)c12. The second-order valence-corrected chi connectivity index (χ2v) is 13.4. The number of anilines is 2. The number of nitrogens with zero attached hydrogens (tertiary/aromatic N) is 7. The van der Waals surface area contributed by atoms with Gasteiger partial charge >= 0.3 is 6.01 Å². The average molecular weight is 646 g/mol. The van der Waals surface area contributed by atoms with Crippen molar-refractivity contribution in [1.82, 2.24) is 24.6 Å². The van der Waals surface area contributed by atoms with Crippen LogP contribution in [0.1, 0.15) is 49.0 Å². The van der Waals surface area contributed by atoms with E-state index in [1.54, 1.807) is 24.4 Å². The van der Waals surface area contributed by atoms with Gasteiger partial charge in [-0.2, -0.15) is 15.1 Å². The number of rotatable bonds is 7. The number of benzene rings is 2. The van der Waals surface area contributed by atoms with Gasteiger partial charge in [0.1, 0.15) is 30.2 Å². The normalized spacial score (nSPS) is 24.8. The second-order valence-electron chi connectivity index (χ2n) is 13.4. The number of halogens is 2. The molecule has 1 N–H and O–H groups in total. The van der Waals surface area contributed by atoms with Gasteiger partial charge in [0.05, 0.1) is 37.0 Å². The molecule has 0 aliphatic carbocycles. The van der Waals surface area contributed by atoms with Crippen LogP contribution in [-0.4, -0.2) is 94.0 Å². The summed E-state index contributed by atoms with van der Waals surface area (Å²) >= 11 is 0. The molecule has 248 valence electrons. The molecule has 3 saturated heterocycles. The van der Waals surface area contributed by atoms with Crippen molar-refractivity contribution in [3.8, 4) is 11.8 Å². The van der Waals surface area contributed by atoms with Crippen molar-refractivity contribution in [2.45, 2.75) is 63.3 Å². The van der Waals surface area contributed by atoms with Gasteiger partial charge in [0.25, 0.3) is 0 Å². The summed E-state index contributed by atoms with van der Waals surface area (Å²) in [5, 5.41) is 16.8. The van der Waals surface area contributed by atoms with Crippen LogP contribution in [0, 0.1) is 5.82 Å². The number of hydrogen-bond acceptors (Lipinski definition) is 9. The molecule has 3 fully saturated rings. The van der Waals surface area contributed by atoms with Crippen LogP contribution in [0.25, 0.3) is 10.8 Å². The van der Waals surface area contributed by atoms with Crippen molar-refractivity contribution in [2.75, 3.05) is 62.3 Å². The number of alkyl halides is 1. The van der Waals surface area contributed by atoms with Gasteiger partial charge in [-0.3, -0.25) is 9.58 Å². The summed E-state index contributed by atoms with van der Waals surface area (Å²) in [6, 6.07) is 8.83. The lowest BCUT2D eigenvalue weighted by atomic mass is 9.95. The fourth-order valence-corrected chi connectivity index (χ4v) is 8.28. The summed E-state index contributed by atoms with van der Waals surface area (Å²) in [5.74, 6) is 0.711. The lowest BCUT2D eigenvalue weighted by molar-refractivity contribution is 0.107. The Bertz CT molecular complexity index is 1770. The first-order valence-electron chi connectivity index (χ1n) is 16.8. The highest BCUT2D eigenvalue weighted by Crippen LogP contribution is 2.42. The number of phenolic OH excluding ortho intramolecular Hbond substituents is 1. The second kappa shape index (κ2) is 12.2. The third-order valence-corrected chi connectivity index (χ3v) is 10.5. The Morgan fingerprint density at radius 1 is 1.13 bits per heavy atom. The molecular formula is C35H41F2N7O3. The standard InChI is InChI=1S/C35H41F2N7O3/c1-2-27-29(37)6-5-23-15-26(45)16-31(32(23)27)41-12-7-28-30(20-41)39-34(47-22-35-8-3-10-43(35)18-24(36)17-35)40-33(28)42-13-14-46-21-25(19-42)44-11-4-9-38-44/h4-6,9,11,15-16,24-25,45H,2-3,7-8,10,12-14,17-22H2,1H3/t24-,25?,35+/m1/s1. The molecule has 2 aromatic heterocycles. The molecule has 0 saturated carbocycles. The third kappa shape index (κ3) is 5.54. The van der Waals surface area contributed by atoms with Crippen LogP contribution >= 0.6 is 0 Å². The first kappa shape index (κ1) is 30.3. The third-order valence-electron chi connectivity index (χ3n) is 10.5. The molecule has 4 aromatic rings. The van der Waals surface area contributed by atoms with Crippen LogP contribution in [0.15, 0.2) is 42.7 Å². The maximum absolute atomic E-state index is 15.0. The Hall–Kier alpha value is -4.03. The Morgan fingerprint density at radius 3 is 2.89 bits per heavy atom. The van der Waals surface area contributed by atoms with Crippen molar-refractivity contribution in [3.63, 3.8) is 0 Å². The summed E-state index contributed by atoms with van der Waals surface area (Å²) in [5.41, 5.74) is 2.97. The van der Waals surface area contributed by atoms with Gasteiger partial charge in [-0.15, -0.1) is 0 Å². The lowest BCUT2D eigenvalue weighted by Crippen LogP contribution is -2.43. The molecule has 3 atom stereocenters. The van der Waals surface area contributed by atoms with Crippen LogP contribution < -0.4 is 14.5 Å². The summed E-state index contributed by atoms with van der Waals surface area (Å²) in [7, 11) is 0. The number of ether oxygens (including phenoxy) is 2. The maximum Gasteiger partial charge on any atom is 0.318 e. The molecule has 8 rings (SSSR count). The minimum atomic E-state index is -0.848. The van der Waals surface area contributed by atoms with Crippen LogP contribution in [0.4, 0.5) is 20.3 Å². The molecule has 0 bridgehead atoms. The molecular weight excluding hydrogens is 604 g/mol. The zero-order valence-electron chi connectivity index (χ0n) is 26.7. The predicted octanol–water partition coefficient (Wildman–Crippen LogP) is 4.83. The van der Waals surface area contributed by atoms with E-state index in [0.717, 1.165) is 52.9 Å². The van der Waals surface area contributed by atoms with Crippen LogP contribution in [0.5, 0.6) is 11.8 Å². The molecule has 6 heterocycles. The number of fused-ring (bicyclic) bond motifs is 3. The molecule has 4 aliphatic heterocycles. The smallest absolute Gasteiger partial charge is 0.318 e. The van der Waals surface area contributed by atoms with E-state index in [-0.39, 0.29) is 29.2 Å². The van der Waals surface area contributed by atoms with E-state index in [4.69, 9.17) is 19.4 Å². The minimum Gasteiger partial charge on any atom is -0.508 e. The van der Waals surface area contributed by atoms with Gasteiger partial charge in [-0.1, -0.05) is 13.0 Å². The first-order valence-corrected chi connectivity index (χ1v) is 16.8. The molecule has 0 radical (unpaired) electrons. The maximum atomic E-state index is 15.0. The molecule has 0 amide bonds. The van der Waals surface area contributed by atoms with E-state index in [1.807, 2.05) is 23.9 Å². The van der Waals surface area contributed by atoms with Gasteiger partial charge in [-0.25, -0.2) is 8.78 Å². The van der Waals surface area contributed by atoms with E-state index in [2.05, 4.69) is 19.8 Å². The zero-order valence-corrected chi connectivity index (χ0v) is 26.7. The average Bonchev–Trinajstić information content (AvgIpc) is 3.76. The Kier molecular flexibility index (Phi) is 7.87. The van der Waals surface area contributed by atoms with Crippen molar-refractivity contribution >= 4 is 22.3 Å². The number of aryl methyl sites for hydroxylation is 1. The van der Waals surface area contributed by atoms with E-state index >= 15 is 4.39 Å². The fourth-order valence-electron chi connectivity index (χ4n) is 8.28. The van der Waals surface area contributed by atoms with Crippen LogP contribution in [0.2, 0.25) is 0 Å². The summed E-state index contributed by atoms with van der Waals surface area (Å²) in [6.07, 6.45) is 6.47. The van der Waals surface area contributed by atoms with E-state index in [0.29, 0.717) is 77.4 Å². The van der Waals surface area contributed by atoms with Crippen LogP contribution in [0.3, 0.4) is 0 Å². The fraction of sp³-hybridized carbons (Fsp3) is 0.514. The topological polar surface area (TPSA) is 92.0 Å². The van der Waals surface area contributed by atoms with E-state index < -0.39 is 6.17 Å². The molecule has 10 nitrogen and oxygen atoms in total. The highest BCUT2D eigenvalue weighted by Gasteiger charge is 2.49. The summed E-state index contributed by atoms with van der Waals surface area (Å²) < 4.78 is 44.0. The van der Waals surface area contributed by atoms with Crippen LogP contribution in [-0.2, 0) is 24.1 Å². The van der Waals surface area contributed by atoms with Crippen molar-refractivity contribution in [2.24, 2.45) is 0 Å².